The van der Waals surface area contributed by atoms with Crippen LogP contribution in [0.2, 0.25) is 0 Å². The summed E-state index contributed by atoms with van der Waals surface area (Å²) in [6.45, 7) is 0. The van der Waals surface area contributed by atoms with E-state index in [1.165, 1.54) is 18.2 Å². The summed E-state index contributed by atoms with van der Waals surface area (Å²) in [6, 6.07) is 12.7. The van der Waals surface area contributed by atoms with Crippen molar-refractivity contribution in [1.29, 1.82) is 5.26 Å². The largest absolute Gasteiger partial charge is 0.321 e. The normalized spacial score (nSPS) is 9.71. The minimum absolute atomic E-state index is 0.0990. The van der Waals surface area contributed by atoms with Crippen molar-refractivity contribution >= 4 is 33.2 Å². The lowest BCUT2D eigenvalue weighted by Gasteiger charge is -2.08. The molecular weight excluding hydrogens is 338 g/mol. The van der Waals surface area contributed by atoms with Crippen molar-refractivity contribution in [1.82, 2.24) is 0 Å². The number of hydrogen-bond acceptors (Lipinski definition) is 4. The molecule has 104 valence electrons. The van der Waals surface area contributed by atoms with Crippen molar-refractivity contribution in [2.75, 3.05) is 5.32 Å². The van der Waals surface area contributed by atoms with Gasteiger partial charge in [0.1, 0.15) is 10.5 Å². The van der Waals surface area contributed by atoms with Gasteiger partial charge < -0.3 is 5.32 Å². The summed E-state index contributed by atoms with van der Waals surface area (Å²) in [5, 5.41) is 22.4. The molecule has 0 radical (unpaired) electrons. The highest BCUT2D eigenvalue weighted by Crippen LogP contribution is 2.29. The third kappa shape index (κ3) is 3.07. The van der Waals surface area contributed by atoms with E-state index < -0.39 is 10.8 Å². The molecule has 2 aromatic rings. The molecule has 0 atom stereocenters. The Hall–Kier alpha value is -2.72. The predicted molar refractivity (Wildman–Crippen MR) is 79.9 cm³/mol. The molecule has 7 heteroatoms. The molecule has 1 N–H and O–H groups in total. The Morgan fingerprint density at radius 3 is 2.62 bits per heavy atom. The molecule has 1 amide bonds. The van der Waals surface area contributed by atoms with Gasteiger partial charge in [0.2, 0.25) is 0 Å². The van der Waals surface area contributed by atoms with Gasteiger partial charge in [-0.25, -0.2) is 0 Å². The zero-order chi connectivity index (χ0) is 15.4. The number of halogens is 1. The summed E-state index contributed by atoms with van der Waals surface area (Å²) >= 11 is 3.06. The molecule has 0 unspecified atom stereocenters. The van der Waals surface area contributed by atoms with E-state index >= 15 is 0 Å². The number of nitro groups is 1. The van der Waals surface area contributed by atoms with Crippen LogP contribution in [0.5, 0.6) is 0 Å². The fraction of sp³-hybridized carbons (Fsp3) is 0. The Labute approximate surface area is 128 Å². The molecule has 0 saturated heterocycles. The Morgan fingerprint density at radius 1 is 1.24 bits per heavy atom. The van der Waals surface area contributed by atoms with Gasteiger partial charge >= 0.3 is 0 Å². The van der Waals surface area contributed by atoms with Crippen molar-refractivity contribution in [3.63, 3.8) is 0 Å². The molecule has 0 heterocycles. The molecular formula is C14H8BrN3O3. The van der Waals surface area contributed by atoms with E-state index in [1.807, 2.05) is 6.07 Å². The molecule has 2 rings (SSSR count). The lowest BCUT2D eigenvalue weighted by Crippen LogP contribution is -2.14. The van der Waals surface area contributed by atoms with Gasteiger partial charge in [0, 0.05) is 6.07 Å². The van der Waals surface area contributed by atoms with Gasteiger partial charge in [-0.2, -0.15) is 5.26 Å². The van der Waals surface area contributed by atoms with Gasteiger partial charge in [0.05, 0.1) is 21.7 Å². The Kier molecular flexibility index (Phi) is 4.30. The SMILES string of the molecule is N#Cc1ccccc1NC(=O)c1cccc([N+](=O)[O-])c1Br. The number of nitro benzene ring substituents is 1. The van der Waals surface area contributed by atoms with Gasteiger partial charge in [-0.05, 0) is 34.1 Å². The van der Waals surface area contributed by atoms with Gasteiger partial charge in [-0.1, -0.05) is 18.2 Å². The Balaban J connectivity index is 2.36. The second-order valence-corrected chi connectivity index (χ2v) is 4.80. The van der Waals surface area contributed by atoms with Crippen LogP contribution in [0.4, 0.5) is 11.4 Å². The highest BCUT2D eigenvalue weighted by molar-refractivity contribution is 9.10. The first kappa shape index (κ1) is 14.7. The summed E-state index contributed by atoms with van der Waals surface area (Å²) in [5.74, 6) is -0.534. The van der Waals surface area contributed by atoms with Gasteiger partial charge in [0.25, 0.3) is 11.6 Å². The molecule has 6 nitrogen and oxygen atoms in total. The van der Waals surface area contributed by atoms with Gasteiger partial charge in [0.15, 0.2) is 0 Å². The Bertz CT molecular complexity index is 768. The number of para-hydroxylation sites is 1. The molecule has 2 aromatic carbocycles. The van der Waals surface area contributed by atoms with E-state index in [9.17, 15) is 14.9 Å². The maximum Gasteiger partial charge on any atom is 0.284 e. The molecule has 0 aromatic heterocycles. The monoisotopic (exact) mass is 345 g/mol. The zero-order valence-corrected chi connectivity index (χ0v) is 12.1. The number of benzene rings is 2. The van der Waals surface area contributed by atoms with Crippen molar-refractivity contribution in [2.45, 2.75) is 0 Å². The number of amides is 1. The topological polar surface area (TPSA) is 96.0 Å². The molecule has 0 bridgehead atoms. The van der Waals surface area contributed by atoms with Crippen molar-refractivity contribution in [3.05, 3.63) is 68.2 Å². The maximum absolute atomic E-state index is 12.2. The standard InChI is InChI=1S/C14H8BrN3O3/c15-13-10(5-3-7-12(13)18(20)21)14(19)17-11-6-2-1-4-9(11)8-16/h1-7H,(H,17,19). The van der Waals surface area contributed by atoms with Gasteiger partial charge in [-0.15, -0.1) is 0 Å². The van der Waals surface area contributed by atoms with E-state index in [2.05, 4.69) is 21.2 Å². The fourth-order valence-electron chi connectivity index (χ4n) is 1.72. The first-order valence-electron chi connectivity index (χ1n) is 5.78. The number of nitrogens with zero attached hydrogens (tertiary/aromatic N) is 2. The Morgan fingerprint density at radius 2 is 1.95 bits per heavy atom. The van der Waals surface area contributed by atoms with Crippen LogP contribution in [0.3, 0.4) is 0 Å². The van der Waals surface area contributed by atoms with E-state index in [1.54, 1.807) is 24.3 Å². The number of hydrogen-bond donors (Lipinski definition) is 1. The van der Waals surface area contributed by atoms with E-state index in [0.29, 0.717) is 11.3 Å². The number of carbonyl (C=O) groups is 1. The highest BCUT2D eigenvalue weighted by atomic mass is 79.9. The zero-order valence-electron chi connectivity index (χ0n) is 10.5. The molecule has 0 saturated carbocycles. The van der Waals surface area contributed by atoms with Crippen LogP contribution >= 0.6 is 15.9 Å². The van der Waals surface area contributed by atoms with Gasteiger partial charge in [-0.3, -0.25) is 14.9 Å². The third-order valence-corrected chi connectivity index (χ3v) is 3.55. The number of carbonyl (C=O) groups excluding carboxylic acids is 1. The van der Waals surface area contributed by atoms with Crippen LogP contribution in [-0.2, 0) is 0 Å². The second kappa shape index (κ2) is 6.15. The first-order chi connectivity index (χ1) is 10.0. The lowest BCUT2D eigenvalue weighted by molar-refractivity contribution is -0.385. The highest BCUT2D eigenvalue weighted by Gasteiger charge is 2.19. The molecule has 0 fully saturated rings. The summed E-state index contributed by atoms with van der Waals surface area (Å²) in [6.07, 6.45) is 0. The number of nitriles is 1. The molecule has 0 spiro atoms. The maximum atomic E-state index is 12.2. The van der Waals surface area contributed by atoms with E-state index in [-0.39, 0.29) is 15.7 Å². The summed E-state index contributed by atoms with van der Waals surface area (Å²) in [5.41, 5.74) is 0.587. The van der Waals surface area contributed by atoms with Crippen molar-refractivity contribution in [2.24, 2.45) is 0 Å². The number of anilines is 1. The average molecular weight is 346 g/mol. The van der Waals surface area contributed by atoms with Crippen LogP contribution in [0.25, 0.3) is 0 Å². The number of rotatable bonds is 3. The minimum atomic E-state index is -0.579. The molecule has 0 aliphatic rings. The van der Waals surface area contributed by atoms with Crippen LogP contribution < -0.4 is 5.32 Å². The third-order valence-electron chi connectivity index (χ3n) is 2.72. The van der Waals surface area contributed by atoms with Crippen LogP contribution in [0.1, 0.15) is 15.9 Å². The first-order valence-corrected chi connectivity index (χ1v) is 6.57. The van der Waals surface area contributed by atoms with Crippen LogP contribution in [0.15, 0.2) is 46.9 Å². The minimum Gasteiger partial charge on any atom is -0.321 e. The van der Waals surface area contributed by atoms with E-state index in [4.69, 9.17) is 5.26 Å². The van der Waals surface area contributed by atoms with Crippen LogP contribution in [0, 0.1) is 21.4 Å². The molecule has 0 aliphatic carbocycles. The van der Waals surface area contributed by atoms with Crippen molar-refractivity contribution < 1.29 is 9.72 Å². The smallest absolute Gasteiger partial charge is 0.284 e. The van der Waals surface area contributed by atoms with E-state index in [0.717, 1.165) is 0 Å². The quantitative estimate of drug-likeness (QED) is 0.680. The summed E-state index contributed by atoms with van der Waals surface area (Å²) in [4.78, 5) is 22.5. The summed E-state index contributed by atoms with van der Waals surface area (Å²) < 4.78 is 0.0990. The summed E-state index contributed by atoms with van der Waals surface area (Å²) in [7, 11) is 0. The fourth-order valence-corrected chi connectivity index (χ4v) is 2.30. The second-order valence-electron chi connectivity index (χ2n) is 4.01. The van der Waals surface area contributed by atoms with Crippen LogP contribution in [-0.4, -0.2) is 10.8 Å². The number of nitrogens with one attached hydrogen (secondary N) is 1. The molecule has 21 heavy (non-hydrogen) atoms. The molecule has 0 aliphatic heterocycles. The van der Waals surface area contributed by atoms with Crippen molar-refractivity contribution in [3.8, 4) is 6.07 Å². The lowest BCUT2D eigenvalue weighted by atomic mass is 10.1. The average Bonchev–Trinajstić information content (AvgIpc) is 2.47. The predicted octanol–water partition coefficient (Wildman–Crippen LogP) is 3.48.